The zero-order chi connectivity index (χ0) is 14.4. The van der Waals surface area contributed by atoms with Gasteiger partial charge in [-0.3, -0.25) is 0 Å². The molecule has 1 aromatic carbocycles. The highest BCUT2D eigenvalue weighted by Crippen LogP contribution is 2.19. The summed E-state index contributed by atoms with van der Waals surface area (Å²) in [5.74, 6) is 0.820. The number of hydrogen-bond donors (Lipinski definition) is 2. The lowest BCUT2D eigenvalue weighted by Crippen LogP contribution is -2.31. The van der Waals surface area contributed by atoms with Crippen LogP contribution in [0.3, 0.4) is 0 Å². The third-order valence-corrected chi connectivity index (χ3v) is 2.95. The van der Waals surface area contributed by atoms with Crippen molar-refractivity contribution in [3.05, 3.63) is 47.3 Å². The minimum Gasteiger partial charge on any atom is -0.491 e. The van der Waals surface area contributed by atoms with Gasteiger partial charge >= 0.3 is 0 Å². The molecule has 0 spiro atoms. The first-order chi connectivity index (χ1) is 9.65. The average molecular weight is 276 g/mol. The fourth-order valence-electron chi connectivity index (χ4n) is 1.80. The van der Waals surface area contributed by atoms with Crippen molar-refractivity contribution in [2.75, 3.05) is 13.2 Å². The standard InChI is InChI=1S/C15H20N2O3/c1-11-3-4-12(2)15(7-11)19-10-14(18)9-16-8-13-5-6-20-17-13/h3-7,14,16,18H,8-10H2,1-2H3. The molecule has 2 rings (SSSR count). The Kier molecular flexibility index (Phi) is 5.15. The smallest absolute Gasteiger partial charge is 0.124 e. The van der Waals surface area contributed by atoms with Gasteiger partial charge < -0.3 is 19.7 Å². The largest absolute Gasteiger partial charge is 0.491 e. The van der Waals surface area contributed by atoms with Crippen LogP contribution in [0, 0.1) is 13.8 Å². The third kappa shape index (κ3) is 4.36. The molecule has 0 aliphatic carbocycles. The Balaban J connectivity index is 1.71. The van der Waals surface area contributed by atoms with Gasteiger partial charge in [-0.15, -0.1) is 0 Å². The molecule has 1 heterocycles. The molecule has 20 heavy (non-hydrogen) atoms. The van der Waals surface area contributed by atoms with E-state index >= 15 is 0 Å². The highest BCUT2D eigenvalue weighted by atomic mass is 16.5. The summed E-state index contributed by atoms with van der Waals surface area (Å²) in [6, 6.07) is 7.81. The second-order valence-corrected chi connectivity index (χ2v) is 4.86. The molecule has 5 heteroatoms. The van der Waals surface area contributed by atoms with E-state index in [0.717, 1.165) is 22.6 Å². The fraction of sp³-hybridized carbons (Fsp3) is 0.400. The molecule has 2 N–H and O–H groups in total. The number of benzene rings is 1. The molecule has 0 aliphatic rings. The number of aromatic nitrogens is 1. The molecule has 108 valence electrons. The normalized spacial score (nSPS) is 12.3. The number of nitrogens with zero attached hydrogens (tertiary/aromatic N) is 1. The lowest BCUT2D eigenvalue weighted by molar-refractivity contribution is 0.105. The van der Waals surface area contributed by atoms with Gasteiger partial charge in [0.1, 0.15) is 24.7 Å². The fourth-order valence-corrected chi connectivity index (χ4v) is 1.80. The molecule has 5 nitrogen and oxygen atoms in total. The van der Waals surface area contributed by atoms with Crippen LogP contribution >= 0.6 is 0 Å². The van der Waals surface area contributed by atoms with Crippen molar-refractivity contribution in [2.24, 2.45) is 0 Å². The van der Waals surface area contributed by atoms with E-state index in [1.54, 1.807) is 6.07 Å². The maximum atomic E-state index is 9.87. The van der Waals surface area contributed by atoms with Crippen LogP contribution in [0.2, 0.25) is 0 Å². The van der Waals surface area contributed by atoms with Gasteiger partial charge in [0.05, 0.1) is 5.69 Å². The summed E-state index contributed by atoms with van der Waals surface area (Å²) in [4.78, 5) is 0. The Bertz CT molecular complexity index is 526. The number of aliphatic hydroxyl groups is 1. The first-order valence-electron chi connectivity index (χ1n) is 6.63. The van der Waals surface area contributed by atoms with Crippen LogP contribution in [0.15, 0.2) is 35.1 Å². The number of hydrogen-bond acceptors (Lipinski definition) is 5. The van der Waals surface area contributed by atoms with Crippen molar-refractivity contribution in [3.8, 4) is 5.75 Å². The molecule has 0 aliphatic heterocycles. The quantitative estimate of drug-likeness (QED) is 0.807. The summed E-state index contributed by atoms with van der Waals surface area (Å²) < 4.78 is 10.4. The number of ether oxygens (including phenoxy) is 1. The Labute approximate surface area is 118 Å². The zero-order valence-corrected chi connectivity index (χ0v) is 11.8. The first-order valence-corrected chi connectivity index (χ1v) is 6.63. The molecule has 0 bridgehead atoms. The van der Waals surface area contributed by atoms with Crippen LogP contribution in [-0.4, -0.2) is 29.5 Å². The van der Waals surface area contributed by atoms with E-state index in [1.807, 2.05) is 32.0 Å². The van der Waals surface area contributed by atoms with Crippen molar-refractivity contribution in [1.29, 1.82) is 0 Å². The Morgan fingerprint density at radius 3 is 2.95 bits per heavy atom. The third-order valence-electron chi connectivity index (χ3n) is 2.95. The van der Waals surface area contributed by atoms with E-state index < -0.39 is 6.10 Å². The van der Waals surface area contributed by atoms with Gasteiger partial charge in [0.25, 0.3) is 0 Å². The van der Waals surface area contributed by atoms with E-state index in [0.29, 0.717) is 13.1 Å². The summed E-state index contributed by atoms with van der Waals surface area (Å²) in [5.41, 5.74) is 3.02. The van der Waals surface area contributed by atoms with Crippen LogP contribution in [0.5, 0.6) is 5.75 Å². The number of nitrogens with one attached hydrogen (secondary N) is 1. The van der Waals surface area contributed by atoms with Crippen molar-refractivity contribution in [1.82, 2.24) is 10.5 Å². The van der Waals surface area contributed by atoms with Crippen LogP contribution in [0.4, 0.5) is 0 Å². The van der Waals surface area contributed by atoms with Crippen molar-refractivity contribution < 1.29 is 14.4 Å². The highest BCUT2D eigenvalue weighted by molar-refractivity contribution is 5.35. The van der Waals surface area contributed by atoms with E-state index in [-0.39, 0.29) is 6.61 Å². The molecule has 0 saturated carbocycles. The predicted molar refractivity (Wildman–Crippen MR) is 75.6 cm³/mol. The van der Waals surface area contributed by atoms with Gasteiger partial charge in [0, 0.05) is 19.2 Å². The summed E-state index contributed by atoms with van der Waals surface area (Å²) in [6.07, 6.45) is 0.957. The van der Waals surface area contributed by atoms with Gasteiger partial charge in [0.15, 0.2) is 0 Å². The van der Waals surface area contributed by atoms with Gasteiger partial charge in [-0.25, -0.2) is 0 Å². The molecule has 0 saturated heterocycles. The second kappa shape index (κ2) is 7.07. The zero-order valence-electron chi connectivity index (χ0n) is 11.8. The van der Waals surface area contributed by atoms with Crippen molar-refractivity contribution in [2.45, 2.75) is 26.5 Å². The maximum absolute atomic E-state index is 9.87. The van der Waals surface area contributed by atoms with Gasteiger partial charge in [-0.2, -0.15) is 0 Å². The van der Waals surface area contributed by atoms with Gasteiger partial charge in [-0.05, 0) is 31.0 Å². The predicted octanol–water partition coefficient (Wildman–Crippen LogP) is 1.82. The number of rotatable bonds is 7. The first kappa shape index (κ1) is 14.6. The number of aliphatic hydroxyl groups excluding tert-OH is 1. The molecule has 0 radical (unpaired) electrons. The summed E-state index contributed by atoms with van der Waals surface area (Å²) in [5, 5.41) is 16.7. The lowest BCUT2D eigenvalue weighted by atomic mass is 10.1. The van der Waals surface area contributed by atoms with E-state index in [4.69, 9.17) is 9.26 Å². The lowest BCUT2D eigenvalue weighted by Gasteiger charge is -2.14. The SMILES string of the molecule is Cc1ccc(C)c(OCC(O)CNCc2ccon2)c1. The Morgan fingerprint density at radius 1 is 1.35 bits per heavy atom. The second-order valence-electron chi connectivity index (χ2n) is 4.86. The molecular formula is C15H20N2O3. The molecule has 2 aromatic rings. The Morgan fingerprint density at radius 2 is 2.20 bits per heavy atom. The van der Waals surface area contributed by atoms with Crippen molar-refractivity contribution >= 4 is 0 Å². The minimum absolute atomic E-state index is 0.260. The summed E-state index contributed by atoms with van der Waals surface area (Å²) in [6.45, 7) is 5.27. The van der Waals surface area contributed by atoms with Crippen LogP contribution in [0.25, 0.3) is 0 Å². The molecule has 0 amide bonds. The molecule has 0 fully saturated rings. The van der Waals surface area contributed by atoms with E-state index in [2.05, 4.69) is 10.5 Å². The average Bonchev–Trinajstić information content (AvgIpc) is 2.93. The monoisotopic (exact) mass is 276 g/mol. The maximum Gasteiger partial charge on any atom is 0.124 e. The van der Waals surface area contributed by atoms with Crippen molar-refractivity contribution in [3.63, 3.8) is 0 Å². The topological polar surface area (TPSA) is 67.5 Å². The number of aryl methyl sites for hydroxylation is 2. The van der Waals surface area contributed by atoms with Crippen LogP contribution < -0.4 is 10.1 Å². The summed E-state index contributed by atoms with van der Waals surface area (Å²) >= 11 is 0. The highest BCUT2D eigenvalue weighted by Gasteiger charge is 2.07. The molecule has 1 atom stereocenters. The molecule has 1 unspecified atom stereocenters. The van der Waals surface area contributed by atoms with Crippen LogP contribution in [-0.2, 0) is 6.54 Å². The Hall–Kier alpha value is -1.85. The molecule has 1 aromatic heterocycles. The molecular weight excluding hydrogens is 256 g/mol. The van der Waals surface area contributed by atoms with Crippen LogP contribution in [0.1, 0.15) is 16.8 Å². The summed E-state index contributed by atoms with van der Waals surface area (Å²) in [7, 11) is 0. The van der Waals surface area contributed by atoms with Gasteiger partial charge in [-0.1, -0.05) is 17.3 Å². The van der Waals surface area contributed by atoms with Gasteiger partial charge in [0.2, 0.25) is 0 Å². The van der Waals surface area contributed by atoms with E-state index in [1.165, 1.54) is 6.26 Å². The minimum atomic E-state index is -0.568. The van der Waals surface area contributed by atoms with E-state index in [9.17, 15) is 5.11 Å².